The second-order valence-electron chi connectivity index (χ2n) is 35.3. The molecule has 16 aromatic heterocycles. The summed E-state index contributed by atoms with van der Waals surface area (Å²) in [6.07, 6.45) is 23.6. The molecule has 0 radical (unpaired) electrons. The van der Waals surface area contributed by atoms with E-state index < -0.39 is 102 Å². The molecular weight excluding hydrogens is 2630 g/mol. The topological polar surface area (TPSA) is 274 Å². The van der Waals surface area contributed by atoms with Crippen LogP contribution in [0.5, 0.6) is 0 Å². The van der Waals surface area contributed by atoms with E-state index >= 15 is 0 Å². The first-order valence-corrected chi connectivity index (χ1v) is 44.6. The molecule has 0 bridgehead atoms. The molecule has 4 aromatic carbocycles. The molecule has 0 fully saturated rings. The van der Waals surface area contributed by atoms with E-state index in [0.29, 0.717) is 46.5 Å². The van der Waals surface area contributed by atoms with Gasteiger partial charge in [0.25, 0.3) is 0 Å². The Morgan fingerprint density at radius 2 is 0.480 bits per heavy atom. The Bertz CT molecular complexity index is 7690. The number of benzene rings is 4. The maximum Gasteiger partial charge on any atom is 2.00 e. The van der Waals surface area contributed by atoms with Crippen LogP contribution >= 0.6 is 0 Å². The minimum atomic E-state index is -2.31. The predicted molar refractivity (Wildman–Crippen MR) is 511 cm³/mol. The predicted octanol–water partition coefficient (Wildman–Crippen LogP) is 21.8. The van der Waals surface area contributed by atoms with Crippen molar-refractivity contribution in [2.75, 3.05) is 0 Å². The minimum Gasteiger partial charge on any atom is -0.343 e. The molecule has 0 saturated heterocycles. The van der Waals surface area contributed by atoms with Crippen LogP contribution in [0.25, 0.3) is 96.4 Å². The fourth-order valence-corrected chi connectivity index (χ4v) is 15.0. The van der Waals surface area contributed by atoms with Crippen LogP contribution in [0.1, 0.15) is 158 Å². The van der Waals surface area contributed by atoms with Gasteiger partial charge in [0.2, 0.25) is 0 Å². The van der Waals surface area contributed by atoms with Gasteiger partial charge in [0, 0.05) is 78.3 Å². The third kappa shape index (κ3) is 23.1. The largest absolute Gasteiger partial charge is 2.00 e. The molecule has 0 atom stereocenters. The van der Waals surface area contributed by atoms with Crippen molar-refractivity contribution in [3.63, 3.8) is 0 Å². The number of hydrogen-bond donors (Lipinski definition) is 0. The summed E-state index contributed by atoms with van der Waals surface area (Å²) in [6, 6.07) is 78.9. The molecule has 0 unspecified atom stereocenters. The van der Waals surface area contributed by atoms with E-state index in [-0.39, 0.29) is 107 Å². The van der Waals surface area contributed by atoms with Crippen molar-refractivity contribution >= 4 is 5.82 Å². The smallest absolute Gasteiger partial charge is 0.343 e. The van der Waals surface area contributed by atoms with Crippen molar-refractivity contribution in [1.82, 2.24) is 118 Å². The molecule has 0 saturated carbocycles. The first-order chi connectivity index (χ1) is 69.1. The fraction of sp³-hybridized carbons (Fsp3) is 0.167. The summed E-state index contributed by atoms with van der Waals surface area (Å²) in [5.74, 6) is -16.3. The van der Waals surface area contributed by atoms with E-state index in [1.807, 2.05) is 208 Å². The zero-order chi connectivity index (χ0) is 102. The number of nitrogens with zero attached hydrogens (tertiary/aromatic N) is 26. The number of aromatic nitrogens is 24. The fourth-order valence-electron chi connectivity index (χ4n) is 15.0. The van der Waals surface area contributed by atoms with E-state index in [1.54, 1.807) is 62.9 Å². The maximum absolute atomic E-state index is 14.3. The molecule has 0 aliphatic carbocycles. The quantitative estimate of drug-likeness (QED) is 0.0264. The van der Waals surface area contributed by atoms with E-state index in [0.717, 1.165) is 101 Å². The zero-order valence-electron chi connectivity index (χ0n) is 80.1. The van der Waals surface area contributed by atoms with Crippen molar-refractivity contribution in [3.05, 3.63) is 437 Å². The summed E-state index contributed by atoms with van der Waals surface area (Å²) >= 11 is 0. The van der Waals surface area contributed by atoms with Crippen molar-refractivity contribution in [1.29, 1.82) is 5.26 Å². The van der Waals surface area contributed by atoms with E-state index in [1.165, 1.54) is 33.6 Å². The van der Waals surface area contributed by atoms with E-state index in [9.17, 15) is 43.9 Å². The number of rotatable bonds is 22. The van der Waals surface area contributed by atoms with Gasteiger partial charge in [-0.15, -0.1) is 42.5 Å². The average molecular weight is 2710 g/mol. The van der Waals surface area contributed by atoms with Crippen LogP contribution in [0.15, 0.2) is 255 Å². The molecule has 0 N–H and O–H groups in total. The summed E-state index contributed by atoms with van der Waals surface area (Å²) < 4.78 is 151. The first kappa shape index (κ1) is 110. The van der Waals surface area contributed by atoms with E-state index in [4.69, 9.17) is 51.9 Å². The number of pyridine rings is 8. The molecule has 752 valence electrons. The van der Waals surface area contributed by atoms with Crippen LogP contribution in [0.2, 0.25) is 0 Å². The van der Waals surface area contributed by atoms with Gasteiger partial charge in [-0.1, -0.05) is 246 Å². The maximum atomic E-state index is 14.3. The van der Waals surface area contributed by atoms with Gasteiger partial charge < -0.3 is 37.6 Å². The van der Waals surface area contributed by atoms with Crippen molar-refractivity contribution in [3.8, 4) is 97.6 Å². The van der Waals surface area contributed by atoms with Gasteiger partial charge in [-0.25, -0.2) is 58.9 Å². The molecule has 40 heteroatoms. The molecule has 20 aromatic rings. The van der Waals surface area contributed by atoms with Gasteiger partial charge in [0.15, 0.2) is 58.2 Å². The van der Waals surface area contributed by atoms with Crippen LogP contribution in [0, 0.1) is 126 Å². The van der Waals surface area contributed by atoms with Gasteiger partial charge in [0.05, 0.1) is 58.3 Å². The van der Waals surface area contributed by atoms with Crippen molar-refractivity contribution in [2.24, 2.45) is 0 Å². The second-order valence-corrected chi connectivity index (χ2v) is 35.3. The summed E-state index contributed by atoms with van der Waals surface area (Å²) in [5, 5.41) is 43.7. The Hall–Kier alpha value is -15.2. The summed E-state index contributed by atoms with van der Waals surface area (Å²) in [6.45, 7) is 31.5. The first-order valence-electron chi connectivity index (χ1n) is 44.6. The third-order valence-corrected chi connectivity index (χ3v) is 23.5. The molecule has 0 amide bonds. The van der Waals surface area contributed by atoms with Crippen LogP contribution in [-0.2, 0) is 106 Å². The summed E-state index contributed by atoms with van der Waals surface area (Å²) in [4.78, 5) is 41.4. The van der Waals surface area contributed by atoms with Gasteiger partial charge in [-0.3, -0.25) is 70.5 Å². The molecule has 26 nitrogen and oxygen atoms in total. The standard InChI is InChI=1S/C31H14F10N6.C31H24N6.C25H28N6.C21H14N8.4Pt/c1-31(2,15-5-3-7-17(42-15)46-11-9-13(44-46)19-21(32)25(36)29(40)26(37)22(19)33)16-6-4-8-18(43-16)47-12-10-14(45-47)20-23(34)27(38)30(41)28(39)24(20)35;1-31(2,27-15-9-17-29(32-27)36-21-19-25(34-36)23-11-5-3-6-12-23)28-16-10-18-30(33-28)37-22-20-26(35-37)24-13-7-4-8-14-24;1-17(2)19-13-15-30(28-19)23-11-7-9-21(26-23)25(5,6)22-10-8-12-24(27-22)31-16-14-20(29-31)18(3)4;1-21(2,16-6-4-8-19(24-16)28-12-10-15(14-22)26-28)17-7-5-9-20(25-17)29-13-11-18(23-3)27-29;;;;/h3-10H,1-2H3;3-20H,1-2H3;7-14,17-18H,1-6H3;4-11H,1-2H3;;;;/q4*-2;4*+2. The Morgan fingerprint density at radius 1 is 0.264 bits per heavy atom. The average Bonchev–Trinajstić information content (AvgIpc) is 1.49. The SMILES string of the molecule is CC(C)(c1cccc(-n2[c-]cc(-c3c(F)c(F)c(F)c(F)c3F)n2)n1)c1cccc(-n2[c-]cc(-c3c(F)c(F)c(F)c(F)c3F)n2)n1.CC(C)(c1cccc(-n2[c-]cc(-c3ccccc3)n2)n1)c1cccc(-n2[c-]cc(-c3ccccc3)n2)n1.CC(C)c1c[c-]n(-c2cccc(C(C)(C)c3cccc(-n4[c-]cc(C(C)C)n4)n3)n2)n1.[C-]#[N+]c1c[c-]n(-c2cccc(C(C)(C)c3cccc(-n4[c-]cc(C#N)n4)n3)n2)n1.[Pt+2].[Pt+2].[Pt+2].[Pt+2]. The Labute approximate surface area is 901 Å². The third-order valence-electron chi connectivity index (χ3n) is 23.5. The molecular formula is C108H80F10N26Pt4. The normalized spacial score (nSPS) is 11.3. The molecule has 0 aliphatic rings. The van der Waals surface area contributed by atoms with Crippen LogP contribution in [-0.4, -0.2) is 118 Å². The number of nitriles is 1. The molecule has 16 heterocycles. The van der Waals surface area contributed by atoms with Crippen LogP contribution in [0.4, 0.5) is 49.7 Å². The van der Waals surface area contributed by atoms with Gasteiger partial charge in [0.1, 0.15) is 0 Å². The van der Waals surface area contributed by atoms with Gasteiger partial charge in [-0.2, -0.15) is 0 Å². The minimum absolute atomic E-state index is 0. The van der Waals surface area contributed by atoms with Crippen LogP contribution < -0.4 is 0 Å². The van der Waals surface area contributed by atoms with Crippen LogP contribution in [0.3, 0.4) is 0 Å². The van der Waals surface area contributed by atoms with Crippen molar-refractivity contribution < 1.29 is 128 Å². The Balaban J connectivity index is 0.000000166. The number of hydrogen-bond acceptors (Lipinski definition) is 17. The molecule has 0 aliphatic heterocycles. The zero-order valence-corrected chi connectivity index (χ0v) is 89.2. The molecule has 0 spiro atoms. The summed E-state index contributed by atoms with van der Waals surface area (Å²) in [5.41, 5.74) is 5.86. The monoisotopic (exact) mass is 2710 g/mol. The Morgan fingerprint density at radius 3 is 0.716 bits per heavy atom. The molecule has 148 heavy (non-hydrogen) atoms. The second kappa shape index (κ2) is 46.2. The van der Waals surface area contributed by atoms with Gasteiger partial charge >= 0.3 is 90.1 Å². The Kier molecular flexibility index (Phi) is 34.4. The van der Waals surface area contributed by atoms with Gasteiger partial charge in [-0.05, 0) is 167 Å². The number of halogens is 10. The van der Waals surface area contributed by atoms with E-state index in [2.05, 4.69) is 150 Å². The van der Waals surface area contributed by atoms with Crippen molar-refractivity contribution in [2.45, 2.75) is 117 Å². The summed E-state index contributed by atoms with van der Waals surface area (Å²) in [7, 11) is 0. The molecule has 20 rings (SSSR count).